The van der Waals surface area contributed by atoms with E-state index in [2.05, 4.69) is 20.0 Å². The van der Waals surface area contributed by atoms with E-state index in [0.29, 0.717) is 17.1 Å². The lowest BCUT2D eigenvalue weighted by Gasteiger charge is -2.15. The van der Waals surface area contributed by atoms with E-state index in [4.69, 9.17) is 0 Å². The van der Waals surface area contributed by atoms with E-state index in [1.54, 1.807) is 37.4 Å². The zero-order valence-electron chi connectivity index (χ0n) is 19.2. The molecule has 0 aliphatic heterocycles. The molecule has 0 fully saturated rings. The maximum atomic E-state index is 13.0. The molecule has 34 heavy (non-hydrogen) atoms. The van der Waals surface area contributed by atoms with Crippen molar-refractivity contribution in [2.75, 3.05) is 4.72 Å². The molecule has 0 spiro atoms. The number of nitrogens with one attached hydrogen (secondary N) is 3. The van der Waals surface area contributed by atoms with Crippen LogP contribution in [0.4, 0.5) is 5.69 Å². The SMILES string of the molecule is Cc1cccc(NS(=O)(=O)c2ccc(C)c(C(=O)NC(C)c3ncc(-c4ccccc4)[nH]3)c2)c1. The maximum Gasteiger partial charge on any atom is 0.261 e. The summed E-state index contributed by atoms with van der Waals surface area (Å²) in [5.41, 5.74) is 4.20. The molecule has 3 N–H and O–H groups in total. The fourth-order valence-electron chi connectivity index (χ4n) is 3.60. The van der Waals surface area contributed by atoms with Gasteiger partial charge in [0.25, 0.3) is 15.9 Å². The number of hydrogen-bond donors (Lipinski definition) is 3. The van der Waals surface area contributed by atoms with Crippen molar-refractivity contribution in [1.82, 2.24) is 15.3 Å². The van der Waals surface area contributed by atoms with E-state index in [9.17, 15) is 13.2 Å². The van der Waals surface area contributed by atoms with Gasteiger partial charge in [0.05, 0.1) is 22.8 Å². The van der Waals surface area contributed by atoms with Crippen LogP contribution in [0.15, 0.2) is 83.9 Å². The van der Waals surface area contributed by atoms with Crippen LogP contribution in [0.1, 0.15) is 40.3 Å². The summed E-state index contributed by atoms with van der Waals surface area (Å²) in [6.07, 6.45) is 1.72. The van der Waals surface area contributed by atoms with Gasteiger partial charge in [-0.15, -0.1) is 0 Å². The Morgan fingerprint density at radius 2 is 1.74 bits per heavy atom. The van der Waals surface area contributed by atoms with Crippen LogP contribution >= 0.6 is 0 Å². The molecule has 0 aliphatic carbocycles. The molecule has 1 aromatic heterocycles. The number of sulfonamides is 1. The van der Waals surface area contributed by atoms with E-state index in [1.807, 2.05) is 50.2 Å². The summed E-state index contributed by atoms with van der Waals surface area (Å²) in [6, 6.07) is 21.0. The Labute approximate surface area is 199 Å². The monoisotopic (exact) mass is 474 g/mol. The average molecular weight is 475 g/mol. The van der Waals surface area contributed by atoms with E-state index in [0.717, 1.165) is 16.8 Å². The molecule has 0 saturated carbocycles. The first-order chi connectivity index (χ1) is 16.2. The van der Waals surface area contributed by atoms with Gasteiger partial charge in [-0.25, -0.2) is 13.4 Å². The number of carbonyl (C=O) groups excluding carboxylic acids is 1. The Hall–Kier alpha value is -3.91. The number of anilines is 1. The van der Waals surface area contributed by atoms with Crippen LogP contribution in [0.2, 0.25) is 0 Å². The first-order valence-electron chi connectivity index (χ1n) is 10.8. The number of carbonyl (C=O) groups is 1. The summed E-state index contributed by atoms with van der Waals surface area (Å²) in [7, 11) is -3.86. The van der Waals surface area contributed by atoms with Crippen molar-refractivity contribution in [1.29, 1.82) is 0 Å². The average Bonchev–Trinajstić information content (AvgIpc) is 3.30. The summed E-state index contributed by atoms with van der Waals surface area (Å²) in [4.78, 5) is 20.7. The quantitative estimate of drug-likeness (QED) is 0.351. The van der Waals surface area contributed by atoms with Gasteiger partial charge in [-0.05, 0) is 61.7 Å². The van der Waals surface area contributed by atoms with Gasteiger partial charge in [-0.1, -0.05) is 48.5 Å². The Morgan fingerprint density at radius 3 is 2.47 bits per heavy atom. The van der Waals surface area contributed by atoms with E-state index >= 15 is 0 Å². The second-order valence-corrected chi connectivity index (χ2v) is 9.88. The van der Waals surface area contributed by atoms with Crippen molar-refractivity contribution in [3.05, 3.63) is 102 Å². The molecule has 4 rings (SSSR count). The smallest absolute Gasteiger partial charge is 0.261 e. The van der Waals surface area contributed by atoms with E-state index in [-0.39, 0.29) is 16.4 Å². The number of benzene rings is 3. The molecule has 4 aromatic rings. The molecule has 1 unspecified atom stereocenters. The molecule has 0 saturated heterocycles. The zero-order valence-corrected chi connectivity index (χ0v) is 20.0. The van der Waals surface area contributed by atoms with Gasteiger partial charge >= 0.3 is 0 Å². The van der Waals surface area contributed by atoms with Crippen LogP contribution in [0.3, 0.4) is 0 Å². The second kappa shape index (κ2) is 9.52. The molecule has 174 valence electrons. The summed E-state index contributed by atoms with van der Waals surface area (Å²) in [6.45, 7) is 5.47. The standard InChI is InChI=1S/C26H26N4O3S/c1-17-8-7-11-21(14-17)30-34(32,33)22-13-12-18(2)23(15-22)26(31)28-19(3)25-27-16-24(29-25)20-9-5-4-6-10-20/h4-16,19,30H,1-3H3,(H,27,29)(H,28,31). The number of H-pyrrole nitrogens is 1. The third-order valence-electron chi connectivity index (χ3n) is 5.47. The molecule has 0 aliphatic rings. The summed E-state index contributed by atoms with van der Waals surface area (Å²) in [5, 5.41) is 2.91. The molecule has 3 aromatic carbocycles. The van der Waals surface area contributed by atoms with Gasteiger partial charge < -0.3 is 10.3 Å². The van der Waals surface area contributed by atoms with Gasteiger partial charge in [0.15, 0.2) is 0 Å². The van der Waals surface area contributed by atoms with Crippen molar-refractivity contribution < 1.29 is 13.2 Å². The molecular formula is C26H26N4O3S. The highest BCUT2D eigenvalue weighted by molar-refractivity contribution is 7.92. The summed E-state index contributed by atoms with van der Waals surface area (Å²) >= 11 is 0. The maximum absolute atomic E-state index is 13.0. The largest absolute Gasteiger partial charge is 0.342 e. The Kier molecular flexibility index (Phi) is 6.51. The zero-order chi connectivity index (χ0) is 24.3. The van der Waals surface area contributed by atoms with Crippen LogP contribution < -0.4 is 10.0 Å². The minimum absolute atomic E-state index is 0.0155. The topological polar surface area (TPSA) is 104 Å². The Morgan fingerprint density at radius 1 is 0.971 bits per heavy atom. The van der Waals surface area contributed by atoms with Crippen LogP contribution in [0, 0.1) is 13.8 Å². The summed E-state index contributed by atoms with van der Waals surface area (Å²) in [5.74, 6) is 0.227. The number of nitrogens with zero attached hydrogens (tertiary/aromatic N) is 1. The number of amides is 1. The fourth-order valence-corrected chi connectivity index (χ4v) is 4.67. The molecule has 7 nitrogen and oxygen atoms in total. The first kappa shape index (κ1) is 23.3. The van der Waals surface area contributed by atoms with Gasteiger partial charge in [0, 0.05) is 11.3 Å². The van der Waals surface area contributed by atoms with E-state index in [1.165, 1.54) is 12.1 Å². The van der Waals surface area contributed by atoms with E-state index < -0.39 is 16.1 Å². The van der Waals surface area contributed by atoms with Crippen LogP contribution in [0.25, 0.3) is 11.3 Å². The lowest BCUT2D eigenvalue weighted by atomic mass is 10.1. The first-order valence-corrected chi connectivity index (χ1v) is 12.3. The van der Waals surface area contributed by atoms with Crippen molar-refractivity contribution in [3.8, 4) is 11.3 Å². The van der Waals surface area contributed by atoms with Gasteiger partial charge in [-0.3, -0.25) is 9.52 Å². The van der Waals surface area contributed by atoms with Crippen molar-refractivity contribution in [2.45, 2.75) is 31.7 Å². The number of aryl methyl sites for hydroxylation is 2. The van der Waals surface area contributed by atoms with Gasteiger partial charge in [-0.2, -0.15) is 0 Å². The van der Waals surface area contributed by atoms with Crippen molar-refractivity contribution in [2.24, 2.45) is 0 Å². The van der Waals surface area contributed by atoms with Gasteiger partial charge in [0.1, 0.15) is 5.82 Å². The molecule has 0 radical (unpaired) electrons. The second-order valence-electron chi connectivity index (χ2n) is 8.19. The van der Waals surface area contributed by atoms with Crippen LogP contribution in [-0.4, -0.2) is 24.3 Å². The predicted octanol–water partition coefficient (Wildman–Crippen LogP) is 4.99. The number of rotatable bonds is 7. The third kappa shape index (κ3) is 5.18. The lowest BCUT2D eigenvalue weighted by Crippen LogP contribution is -2.28. The number of hydrogen-bond acceptors (Lipinski definition) is 4. The minimum atomic E-state index is -3.86. The molecule has 0 bridgehead atoms. The predicted molar refractivity (Wildman–Crippen MR) is 133 cm³/mol. The van der Waals surface area contributed by atoms with Crippen molar-refractivity contribution >= 4 is 21.6 Å². The molecule has 1 amide bonds. The lowest BCUT2D eigenvalue weighted by molar-refractivity contribution is 0.0937. The molecule has 1 heterocycles. The number of aromatic amines is 1. The molecule has 1 atom stereocenters. The Balaban J connectivity index is 1.52. The van der Waals surface area contributed by atoms with Crippen molar-refractivity contribution in [3.63, 3.8) is 0 Å². The molecule has 8 heteroatoms. The van der Waals surface area contributed by atoms with Crippen LogP contribution in [0.5, 0.6) is 0 Å². The highest BCUT2D eigenvalue weighted by Crippen LogP contribution is 2.22. The highest BCUT2D eigenvalue weighted by Gasteiger charge is 2.20. The summed E-state index contributed by atoms with van der Waals surface area (Å²) < 4.78 is 28.4. The van der Waals surface area contributed by atoms with Crippen LogP contribution in [-0.2, 0) is 10.0 Å². The Bertz CT molecular complexity index is 1430. The molecular weight excluding hydrogens is 448 g/mol. The minimum Gasteiger partial charge on any atom is -0.342 e. The third-order valence-corrected chi connectivity index (χ3v) is 6.85. The number of imidazole rings is 1. The number of aromatic nitrogens is 2. The fraction of sp³-hybridized carbons (Fsp3) is 0.154. The van der Waals surface area contributed by atoms with Gasteiger partial charge in [0.2, 0.25) is 0 Å². The highest BCUT2D eigenvalue weighted by atomic mass is 32.2. The normalized spacial score (nSPS) is 12.2.